The monoisotopic (exact) mass is 260 g/mol. The Morgan fingerprint density at radius 2 is 1.67 bits per heavy atom. The number of ether oxygens (including phenoxy) is 5. The Hall–Kier alpha value is -0.240. The molecule has 0 aromatic rings. The van der Waals surface area contributed by atoms with Gasteiger partial charge in [-0.3, -0.25) is 0 Å². The smallest absolute Gasteiger partial charge is 0.229 e. The summed E-state index contributed by atoms with van der Waals surface area (Å²) in [5.41, 5.74) is 0. The van der Waals surface area contributed by atoms with Crippen molar-refractivity contribution in [2.75, 3.05) is 13.2 Å². The van der Waals surface area contributed by atoms with E-state index in [2.05, 4.69) is 0 Å². The molecule has 104 valence electrons. The summed E-state index contributed by atoms with van der Waals surface area (Å²) in [5.74, 6) is -2.55. The van der Waals surface area contributed by atoms with E-state index in [0.29, 0.717) is 6.61 Å². The Kier molecular flexibility index (Phi) is 2.59. The second kappa shape index (κ2) is 3.65. The Morgan fingerprint density at radius 1 is 0.944 bits per heavy atom. The van der Waals surface area contributed by atoms with E-state index in [9.17, 15) is 5.11 Å². The van der Waals surface area contributed by atoms with Crippen molar-refractivity contribution in [2.45, 2.75) is 63.4 Å². The number of fused-ring (bicyclic) bond motifs is 1. The third-order valence-corrected chi connectivity index (χ3v) is 3.50. The molecule has 0 saturated carbocycles. The number of hydrogen-bond acceptors (Lipinski definition) is 6. The van der Waals surface area contributed by atoms with Crippen LogP contribution >= 0.6 is 0 Å². The summed E-state index contributed by atoms with van der Waals surface area (Å²) >= 11 is 0. The minimum absolute atomic E-state index is 0.182. The molecule has 6 heteroatoms. The normalized spacial score (nSPS) is 49.5. The third-order valence-electron chi connectivity index (χ3n) is 3.50. The lowest BCUT2D eigenvalue weighted by molar-refractivity contribution is -0.290. The van der Waals surface area contributed by atoms with Crippen LogP contribution in [0.15, 0.2) is 0 Å². The molecule has 4 atom stereocenters. The molecule has 18 heavy (non-hydrogen) atoms. The van der Waals surface area contributed by atoms with Crippen LogP contribution in [-0.2, 0) is 23.7 Å². The molecule has 6 nitrogen and oxygen atoms in total. The fourth-order valence-electron chi connectivity index (χ4n) is 2.84. The van der Waals surface area contributed by atoms with E-state index in [1.165, 1.54) is 0 Å². The van der Waals surface area contributed by atoms with E-state index in [4.69, 9.17) is 23.7 Å². The first-order chi connectivity index (χ1) is 8.24. The lowest BCUT2D eigenvalue weighted by Gasteiger charge is -2.32. The lowest BCUT2D eigenvalue weighted by atomic mass is 10.0. The molecule has 3 heterocycles. The highest BCUT2D eigenvalue weighted by Gasteiger charge is 2.67. The average molecular weight is 260 g/mol. The van der Waals surface area contributed by atoms with Gasteiger partial charge < -0.3 is 28.8 Å². The Labute approximate surface area is 106 Å². The molecule has 0 spiro atoms. The van der Waals surface area contributed by atoms with Gasteiger partial charge in [-0.25, -0.2) is 0 Å². The van der Waals surface area contributed by atoms with Crippen molar-refractivity contribution in [3.8, 4) is 0 Å². The molecular formula is C12H20O6. The van der Waals surface area contributed by atoms with E-state index in [-0.39, 0.29) is 6.61 Å². The molecule has 3 aliphatic rings. The van der Waals surface area contributed by atoms with E-state index < -0.39 is 35.7 Å². The van der Waals surface area contributed by atoms with Crippen LogP contribution < -0.4 is 0 Å². The van der Waals surface area contributed by atoms with E-state index in [0.717, 1.165) is 0 Å². The summed E-state index contributed by atoms with van der Waals surface area (Å²) < 4.78 is 28.7. The first-order valence-corrected chi connectivity index (χ1v) is 6.26. The molecule has 3 fully saturated rings. The van der Waals surface area contributed by atoms with Crippen LogP contribution in [0.4, 0.5) is 0 Å². The maximum atomic E-state index is 9.96. The third kappa shape index (κ3) is 1.79. The first-order valence-electron chi connectivity index (χ1n) is 6.26. The van der Waals surface area contributed by atoms with Gasteiger partial charge in [0.2, 0.25) is 5.79 Å². The molecule has 0 amide bonds. The van der Waals surface area contributed by atoms with Gasteiger partial charge in [-0.2, -0.15) is 0 Å². The van der Waals surface area contributed by atoms with Gasteiger partial charge in [0.15, 0.2) is 11.6 Å². The van der Waals surface area contributed by atoms with Gasteiger partial charge in [-0.15, -0.1) is 0 Å². The minimum Gasteiger partial charge on any atom is -0.388 e. The number of hydrogen-bond donors (Lipinski definition) is 1. The predicted octanol–water partition coefficient (Wildman–Crippen LogP) is 0.377. The van der Waals surface area contributed by atoms with Crippen molar-refractivity contribution < 1.29 is 28.8 Å². The fourth-order valence-corrected chi connectivity index (χ4v) is 2.84. The molecule has 0 aliphatic carbocycles. The molecule has 0 bridgehead atoms. The molecule has 0 unspecified atom stereocenters. The van der Waals surface area contributed by atoms with Crippen molar-refractivity contribution in [3.63, 3.8) is 0 Å². The second-order valence-corrected chi connectivity index (χ2v) is 5.96. The van der Waals surface area contributed by atoms with Crippen molar-refractivity contribution in [1.82, 2.24) is 0 Å². The van der Waals surface area contributed by atoms with Gasteiger partial charge in [0.25, 0.3) is 0 Å². The molecule has 1 N–H and O–H groups in total. The Morgan fingerprint density at radius 3 is 2.28 bits per heavy atom. The average Bonchev–Trinajstić information content (AvgIpc) is 2.81. The first kappa shape index (κ1) is 12.8. The van der Waals surface area contributed by atoms with Crippen LogP contribution in [0, 0.1) is 0 Å². The standard InChI is InChI=1S/C12H20O6/c1-10(2)14-6-8(16-10)12-9(7(13)5-15-12)17-11(3,4)18-12/h7-9,13H,5-6H2,1-4H3/t7-,8-,9-,12-/m1/s1. The SMILES string of the molecule is CC1(C)OC[C@H]([C@]23OC[C@@H](O)[C@H]2OC(C)(C)O3)O1. The lowest BCUT2D eigenvalue weighted by Crippen LogP contribution is -2.52. The van der Waals surface area contributed by atoms with Gasteiger partial charge in [0.05, 0.1) is 13.2 Å². The van der Waals surface area contributed by atoms with Gasteiger partial charge in [0, 0.05) is 0 Å². The summed E-state index contributed by atoms with van der Waals surface area (Å²) in [6.07, 6.45) is -1.66. The van der Waals surface area contributed by atoms with Gasteiger partial charge in [-0.05, 0) is 27.7 Å². The summed E-state index contributed by atoms with van der Waals surface area (Å²) in [6.45, 7) is 7.81. The van der Waals surface area contributed by atoms with Crippen LogP contribution in [0.3, 0.4) is 0 Å². The summed E-state index contributed by atoms with van der Waals surface area (Å²) in [5, 5.41) is 9.96. The van der Waals surface area contributed by atoms with Crippen molar-refractivity contribution in [2.24, 2.45) is 0 Å². The van der Waals surface area contributed by atoms with E-state index >= 15 is 0 Å². The second-order valence-electron chi connectivity index (χ2n) is 5.96. The quantitative estimate of drug-likeness (QED) is 0.735. The van der Waals surface area contributed by atoms with Crippen molar-refractivity contribution >= 4 is 0 Å². The van der Waals surface area contributed by atoms with Crippen LogP contribution in [0.5, 0.6) is 0 Å². The van der Waals surface area contributed by atoms with Crippen molar-refractivity contribution in [1.29, 1.82) is 0 Å². The molecule has 3 aliphatic heterocycles. The maximum Gasteiger partial charge on any atom is 0.229 e. The maximum absolute atomic E-state index is 9.96. The van der Waals surface area contributed by atoms with Crippen LogP contribution in [-0.4, -0.2) is 54.0 Å². The van der Waals surface area contributed by atoms with Crippen LogP contribution in [0.25, 0.3) is 0 Å². The van der Waals surface area contributed by atoms with E-state index in [1.54, 1.807) is 13.8 Å². The zero-order chi connectivity index (χ0) is 13.2. The highest BCUT2D eigenvalue weighted by molar-refractivity contribution is 5.04. The highest BCUT2D eigenvalue weighted by Crippen LogP contribution is 2.48. The summed E-state index contributed by atoms with van der Waals surface area (Å²) in [7, 11) is 0. The molecule has 0 aromatic carbocycles. The van der Waals surface area contributed by atoms with Gasteiger partial charge in [-0.1, -0.05) is 0 Å². The number of aliphatic hydroxyl groups excluding tert-OH is 1. The zero-order valence-corrected chi connectivity index (χ0v) is 11.1. The summed E-state index contributed by atoms with van der Waals surface area (Å²) in [4.78, 5) is 0. The summed E-state index contributed by atoms with van der Waals surface area (Å²) in [6, 6.07) is 0. The Bertz CT molecular complexity index is 354. The molecule has 3 saturated heterocycles. The topological polar surface area (TPSA) is 66.4 Å². The largest absolute Gasteiger partial charge is 0.388 e. The number of rotatable bonds is 1. The Balaban J connectivity index is 1.88. The van der Waals surface area contributed by atoms with Gasteiger partial charge in [0.1, 0.15) is 18.3 Å². The highest BCUT2D eigenvalue weighted by atomic mass is 16.9. The van der Waals surface area contributed by atoms with Crippen molar-refractivity contribution in [3.05, 3.63) is 0 Å². The fraction of sp³-hybridized carbons (Fsp3) is 1.00. The molecule has 3 rings (SSSR count). The van der Waals surface area contributed by atoms with E-state index in [1.807, 2.05) is 13.8 Å². The zero-order valence-electron chi connectivity index (χ0n) is 11.1. The van der Waals surface area contributed by atoms with Crippen LogP contribution in [0.1, 0.15) is 27.7 Å². The molecule has 0 aromatic heterocycles. The van der Waals surface area contributed by atoms with Gasteiger partial charge >= 0.3 is 0 Å². The molecule has 0 radical (unpaired) electrons. The van der Waals surface area contributed by atoms with Crippen LogP contribution in [0.2, 0.25) is 0 Å². The predicted molar refractivity (Wildman–Crippen MR) is 59.6 cm³/mol. The number of aliphatic hydroxyl groups is 1. The minimum atomic E-state index is -1.07. The molecular weight excluding hydrogens is 240 g/mol.